The van der Waals surface area contributed by atoms with Crippen molar-refractivity contribution in [1.29, 1.82) is 0 Å². The zero-order valence-electron chi connectivity index (χ0n) is 11.3. The first-order valence-electron chi connectivity index (χ1n) is 6.84. The Bertz CT molecular complexity index is 395. The molecule has 0 saturated carbocycles. The molecule has 2 N–H and O–H groups in total. The molecule has 0 unspecified atom stereocenters. The minimum absolute atomic E-state index is 0.176. The van der Waals surface area contributed by atoms with Gasteiger partial charge in [0, 0.05) is 25.2 Å². The number of nitrogens with two attached hydrogens (primary N) is 1. The van der Waals surface area contributed by atoms with E-state index in [9.17, 15) is 4.39 Å². The molecule has 100 valence electrons. The molecule has 1 aliphatic rings. The van der Waals surface area contributed by atoms with Crippen LogP contribution in [0.2, 0.25) is 0 Å². The van der Waals surface area contributed by atoms with Gasteiger partial charge in [-0.05, 0) is 49.9 Å². The average Bonchev–Trinajstić information content (AvgIpc) is 2.33. The lowest BCUT2D eigenvalue weighted by Crippen LogP contribution is -2.42. The standard InChI is InChI=1S/C15H23FN2/c1-11-4-3-5-12(2)18(11)10-14-6-13(9-17)7-15(16)8-14/h6-8,11-12H,3-5,9-10,17H2,1-2H3/t11-,12+. The fraction of sp³-hybridized carbons (Fsp3) is 0.600. The van der Waals surface area contributed by atoms with E-state index in [4.69, 9.17) is 5.73 Å². The first-order valence-corrected chi connectivity index (χ1v) is 6.84. The van der Waals surface area contributed by atoms with Crippen LogP contribution in [0.15, 0.2) is 18.2 Å². The molecule has 2 nitrogen and oxygen atoms in total. The first-order chi connectivity index (χ1) is 8.60. The van der Waals surface area contributed by atoms with Gasteiger partial charge in [0.15, 0.2) is 0 Å². The molecule has 0 amide bonds. The van der Waals surface area contributed by atoms with Crippen molar-refractivity contribution in [2.24, 2.45) is 5.73 Å². The Morgan fingerprint density at radius 3 is 2.39 bits per heavy atom. The summed E-state index contributed by atoms with van der Waals surface area (Å²) < 4.78 is 13.5. The largest absolute Gasteiger partial charge is 0.326 e. The number of piperidine rings is 1. The van der Waals surface area contributed by atoms with Gasteiger partial charge >= 0.3 is 0 Å². The number of benzene rings is 1. The minimum Gasteiger partial charge on any atom is -0.326 e. The van der Waals surface area contributed by atoms with E-state index in [1.807, 2.05) is 6.07 Å². The van der Waals surface area contributed by atoms with Crippen LogP contribution < -0.4 is 5.73 Å². The van der Waals surface area contributed by atoms with Gasteiger partial charge < -0.3 is 5.73 Å². The van der Waals surface area contributed by atoms with Gasteiger partial charge in [0.2, 0.25) is 0 Å². The van der Waals surface area contributed by atoms with Crippen LogP contribution in [0, 0.1) is 5.82 Å². The van der Waals surface area contributed by atoms with Gasteiger partial charge in [0.25, 0.3) is 0 Å². The average molecular weight is 250 g/mol. The zero-order valence-corrected chi connectivity index (χ0v) is 11.3. The summed E-state index contributed by atoms with van der Waals surface area (Å²) in [5.41, 5.74) is 7.51. The summed E-state index contributed by atoms with van der Waals surface area (Å²) in [7, 11) is 0. The van der Waals surface area contributed by atoms with Gasteiger partial charge in [-0.15, -0.1) is 0 Å². The summed E-state index contributed by atoms with van der Waals surface area (Å²) in [6, 6.07) is 6.34. The van der Waals surface area contributed by atoms with Crippen molar-refractivity contribution in [2.45, 2.75) is 58.3 Å². The number of halogens is 1. The monoisotopic (exact) mass is 250 g/mol. The highest BCUT2D eigenvalue weighted by Gasteiger charge is 2.24. The van der Waals surface area contributed by atoms with Crippen molar-refractivity contribution in [3.05, 3.63) is 35.1 Å². The molecule has 1 aromatic rings. The molecule has 2 atom stereocenters. The Morgan fingerprint density at radius 1 is 1.17 bits per heavy atom. The summed E-state index contributed by atoms with van der Waals surface area (Å²) >= 11 is 0. The van der Waals surface area contributed by atoms with Crippen molar-refractivity contribution in [3.8, 4) is 0 Å². The minimum atomic E-state index is -0.176. The molecule has 0 aromatic heterocycles. The summed E-state index contributed by atoms with van der Waals surface area (Å²) in [5.74, 6) is -0.176. The first kappa shape index (κ1) is 13.5. The molecule has 1 fully saturated rings. The van der Waals surface area contributed by atoms with Crippen LogP contribution in [0.4, 0.5) is 4.39 Å². The molecule has 2 rings (SSSR count). The molecular weight excluding hydrogens is 227 g/mol. The maximum atomic E-state index is 13.5. The van der Waals surface area contributed by atoms with Crippen LogP contribution in [0.5, 0.6) is 0 Å². The van der Waals surface area contributed by atoms with Crippen molar-refractivity contribution in [3.63, 3.8) is 0 Å². The van der Waals surface area contributed by atoms with E-state index in [0.717, 1.165) is 17.7 Å². The Morgan fingerprint density at radius 2 is 1.78 bits per heavy atom. The van der Waals surface area contributed by atoms with E-state index < -0.39 is 0 Å². The Labute approximate surface area is 109 Å². The molecule has 0 aliphatic carbocycles. The fourth-order valence-electron chi connectivity index (χ4n) is 2.92. The highest BCUT2D eigenvalue weighted by atomic mass is 19.1. The number of likely N-dealkylation sites (tertiary alicyclic amines) is 1. The van der Waals surface area contributed by atoms with E-state index in [2.05, 4.69) is 18.7 Å². The lowest BCUT2D eigenvalue weighted by molar-refractivity contribution is 0.0951. The topological polar surface area (TPSA) is 29.3 Å². The number of hydrogen-bond acceptors (Lipinski definition) is 2. The van der Waals surface area contributed by atoms with Crippen molar-refractivity contribution >= 4 is 0 Å². The highest BCUT2D eigenvalue weighted by molar-refractivity contribution is 5.24. The normalized spacial score (nSPS) is 25.3. The maximum Gasteiger partial charge on any atom is 0.123 e. The number of rotatable bonds is 3. The van der Waals surface area contributed by atoms with Crippen molar-refractivity contribution in [1.82, 2.24) is 4.90 Å². The summed E-state index contributed by atoms with van der Waals surface area (Å²) in [6.07, 6.45) is 3.78. The second-order valence-corrected chi connectivity index (χ2v) is 5.47. The second kappa shape index (κ2) is 5.81. The molecule has 0 radical (unpaired) electrons. The molecule has 0 spiro atoms. The van der Waals surface area contributed by atoms with Crippen LogP contribution in [-0.4, -0.2) is 17.0 Å². The summed E-state index contributed by atoms with van der Waals surface area (Å²) in [6.45, 7) is 5.75. The van der Waals surface area contributed by atoms with E-state index in [-0.39, 0.29) is 5.82 Å². The van der Waals surface area contributed by atoms with Gasteiger partial charge in [-0.25, -0.2) is 4.39 Å². The molecule has 18 heavy (non-hydrogen) atoms. The van der Waals surface area contributed by atoms with Crippen LogP contribution in [0.3, 0.4) is 0 Å². The van der Waals surface area contributed by atoms with Crippen LogP contribution >= 0.6 is 0 Å². The Kier molecular flexibility index (Phi) is 4.36. The third-order valence-electron chi connectivity index (χ3n) is 3.99. The fourth-order valence-corrected chi connectivity index (χ4v) is 2.92. The van der Waals surface area contributed by atoms with E-state index >= 15 is 0 Å². The number of hydrogen-bond donors (Lipinski definition) is 1. The quantitative estimate of drug-likeness (QED) is 0.893. The van der Waals surface area contributed by atoms with Crippen LogP contribution in [-0.2, 0) is 13.1 Å². The molecule has 1 aliphatic heterocycles. The van der Waals surface area contributed by atoms with Gasteiger partial charge in [-0.3, -0.25) is 4.90 Å². The lowest BCUT2D eigenvalue weighted by atomic mass is 9.96. The van der Waals surface area contributed by atoms with Gasteiger partial charge in [-0.2, -0.15) is 0 Å². The predicted octanol–water partition coefficient (Wildman–Crippen LogP) is 3.05. The van der Waals surface area contributed by atoms with E-state index in [0.29, 0.717) is 18.6 Å². The third kappa shape index (κ3) is 3.09. The Balaban J connectivity index is 2.14. The van der Waals surface area contributed by atoms with Gasteiger partial charge in [-0.1, -0.05) is 12.5 Å². The summed E-state index contributed by atoms with van der Waals surface area (Å²) in [5, 5.41) is 0. The SMILES string of the molecule is C[C@@H]1CCC[C@H](C)N1Cc1cc(F)cc(CN)c1. The predicted molar refractivity (Wildman–Crippen MR) is 72.6 cm³/mol. The summed E-state index contributed by atoms with van der Waals surface area (Å²) in [4.78, 5) is 2.47. The van der Waals surface area contributed by atoms with E-state index in [1.54, 1.807) is 6.07 Å². The second-order valence-electron chi connectivity index (χ2n) is 5.47. The lowest BCUT2D eigenvalue weighted by Gasteiger charge is -2.39. The van der Waals surface area contributed by atoms with Gasteiger partial charge in [0.05, 0.1) is 0 Å². The van der Waals surface area contributed by atoms with Crippen molar-refractivity contribution in [2.75, 3.05) is 0 Å². The maximum absolute atomic E-state index is 13.5. The highest BCUT2D eigenvalue weighted by Crippen LogP contribution is 2.25. The molecule has 1 aromatic carbocycles. The molecule has 3 heteroatoms. The van der Waals surface area contributed by atoms with Crippen LogP contribution in [0.25, 0.3) is 0 Å². The molecular formula is C15H23FN2. The molecule has 1 heterocycles. The van der Waals surface area contributed by atoms with E-state index in [1.165, 1.54) is 25.3 Å². The smallest absolute Gasteiger partial charge is 0.123 e. The van der Waals surface area contributed by atoms with Crippen molar-refractivity contribution < 1.29 is 4.39 Å². The molecule has 1 saturated heterocycles. The third-order valence-corrected chi connectivity index (χ3v) is 3.99. The zero-order chi connectivity index (χ0) is 13.1. The molecule has 0 bridgehead atoms. The number of nitrogens with zero attached hydrogens (tertiary/aromatic N) is 1. The Hall–Kier alpha value is -0.930. The van der Waals surface area contributed by atoms with Gasteiger partial charge in [0.1, 0.15) is 5.82 Å². The van der Waals surface area contributed by atoms with Crippen LogP contribution in [0.1, 0.15) is 44.2 Å².